The molecule has 0 radical (unpaired) electrons. The summed E-state index contributed by atoms with van der Waals surface area (Å²) in [5.74, 6) is -0.624. The summed E-state index contributed by atoms with van der Waals surface area (Å²) < 4.78 is 15.4. The van der Waals surface area contributed by atoms with Gasteiger partial charge in [-0.25, -0.2) is 0 Å². The van der Waals surface area contributed by atoms with Crippen LogP contribution >= 0.6 is 28.5 Å². The van der Waals surface area contributed by atoms with E-state index < -0.39 is 18.2 Å². The SMILES string of the molecule is C#CC(C)OCC(COC(C)C#C)COP(O)(O)(Cl)Cl. The molecule has 0 aliphatic carbocycles. The van der Waals surface area contributed by atoms with Crippen LogP contribution in [0.5, 0.6) is 0 Å². The molecule has 5 nitrogen and oxygen atoms in total. The Kier molecular flexibility index (Phi) is 8.36. The Hall–Kier alpha value is -0.0700. The molecule has 20 heavy (non-hydrogen) atoms. The second kappa shape index (κ2) is 8.39. The van der Waals surface area contributed by atoms with E-state index in [1.807, 2.05) is 0 Å². The molecular weight excluding hydrogens is 326 g/mol. The van der Waals surface area contributed by atoms with Gasteiger partial charge in [0, 0.05) is 0 Å². The van der Waals surface area contributed by atoms with E-state index >= 15 is 0 Å². The molecule has 0 aliphatic rings. The molecule has 2 atom stereocenters. The van der Waals surface area contributed by atoms with Crippen molar-refractivity contribution in [3.8, 4) is 24.7 Å². The molecule has 0 aromatic carbocycles. The second-order valence-electron chi connectivity index (χ2n) is 4.20. The van der Waals surface area contributed by atoms with Gasteiger partial charge in [0.05, 0.1) is 0 Å². The van der Waals surface area contributed by atoms with Gasteiger partial charge in [-0.3, -0.25) is 0 Å². The van der Waals surface area contributed by atoms with Crippen LogP contribution in [-0.2, 0) is 14.0 Å². The Bertz CT molecular complexity index is 349. The summed E-state index contributed by atoms with van der Waals surface area (Å²) in [7, 11) is 0. The van der Waals surface area contributed by atoms with Gasteiger partial charge >= 0.3 is 129 Å². The van der Waals surface area contributed by atoms with Gasteiger partial charge in [-0.05, 0) is 0 Å². The minimum atomic E-state index is -5.06. The predicted molar refractivity (Wildman–Crippen MR) is 81.0 cm³/mol. The Labute approximate surface area is 129 Å². The fraction of sp³-hybridized carbons (Fsp3) is 0.667. The number of ether oxygens (including phenoxy) is 2. The molecule has 0 amide bonds. The summed E-state index contributed by atoms with van der Waals surface area (Å²) in [6, 6.07) is 0. The van der Waals surface area contributed by atoms with Crippen LogP contribution in [0.25, 0.3) is 0 Å². The van der Waals surface area contributed by atoms with Gasteiger partial charge in [-0.2, -0.15) is 0 Å². The van der Waals surface area contributed by atoms with Crippen molar-refractivity contribution in [2.24, 2.45) is 5.92 Å². The molecule has 0 bridgehead atoms. The third-order valence-electron chi connectivity index (χ3n) is 2.16. The van der Waals surface area contributed by atoms with E-state index in [4.69, 9.17) is 49.3 Å². The van der Waals surface area contributed by atoms with Crippen LogP contribution in [-0.4, -0.2) is 41.8 Å². The molecule has 0 heterocycles. The molecular formula is C12H19Cl2O5P. The van der Waals surface area contributed by atoms with E-state index in [9.17, 15) is 9.79 Å². The second-order valence-corrected chi connectivity index (χ2v) is 10.2. The van der Waals surface area contributed by atoms with Gasteiger partial charge in [-0.15, -0.1) is 0 Å². The molecule has 0 aromatic rings. The van der Waals surface area contributed by atoms with Crippen molar-refractivity contribution in [2.45, 2.75) is 26.1 Å². The summed E-state index contributed by atoms with van der Waals surface area (Å²) >= 11 is 10.5. The first-order valence-electron chi connectivity index (χ1n) is 5.79. The van der Waals surface area contributed by atoms with E-state index in [0.717, 1.165) is 0 Å². The molecule has 2 N–H and O–H groups in total. The molecule has 0 aliphatic heterocycles. The third kappa shape index (κ3) is 11.7. The summed E-state index contributed by atoms with van der Waals surface area (Å²) in [5, 5.41) is 0. The Balaban J connectivity index is 4.40. The van der Waals surface area contributed by atoms with Crippen molar-refractivity contribution in [1.82, 2.24) is 0 Å². The van der Waals surface area contributed by atoms with Gasteiger partial charge < -0.3 is 0 Å². The number of hydrogen-bond acceptors (Lipinski definition) is 5. The first kappa shape index (κ1) is 19.9. The van der Waals surface area contributed by atoms with Crippen LogP contribution in [0.2, 0.25) is 0 Å². The molecule has 8 heteroatoms. The quantitative estimate of drug-likeness (QED) is 0.496. The van der Waals surface area contributed by atoms with Crippen LogP contribution < -0.4 is 0 Å². The first-order chi connectivity index (χ1) is 9.03. The Morgan fingerprint density at radius 2 is 1.40 bits per heavy atom. The molecule has 116 valence electrons. The van der Waals surface area contributed by atoms with Crippen molar-refractivity contribution in [3.63, 3.8) is 0 Å². The van der Waals surface area contributed by atoms with Gasteiger partial charge in [0.2, 0.25) is 0 Å². The van der Waals surface area contributed by atoms with E-state index in [1.165, 1.54) is 0 Å². The van der Waals surface area contributed by atoms with Crippen LogP contribution in [0.1, 0.15) is 13.8 Å². The first-order valence-corrected chi connectivity index (χ1v) is 9.66. The van der Waals surface area contributed by atoms with E-state index in [2.05, 4.69) is 11.8 Å². The molecule has 0 saturated heterocycles. The third-order valence-corrected chi connectivity index (χ3v) is 3.32. The topological polar surface area (TPSA) is 68.2 Å². The van der Waals surface area contributed by atoms with Gasteiger partial charge in [-0.1, -0.05) is 0 Å². The zero-order chi connectivity index (χ0) is 15.8. The summed E-state index contributed by atoms with van der Waals surface area (Å²) in [6.45, 7) is 3.56. The predicted octanol–water partition coefficient (Wildman–Crippen LogP) is 2.29. The molecule has 0 fully saturated rings. The average Bonchev–Trinajstić information content (AvgIpc) is 2.34. The normalized spacial score (nSPS) is 18.1. The van der Waals surface area contributed by atoms with E-state index in [0.29, 0.717) is 0 Å². The molecule has 2 unspecified atom stereocenters. The van der Waals surface area contributed by atoms with Gasteiger partial charge in [0.1, 0.15) is 0 Å². The van der Waals surface area contributed by atoms with Crippen molar-refractivity contribution in [2.75, 3.05) is 19.8 Å². The molecule has 0 rings (SSSR count). The van der Waals surface area contributed by atoms with Crippen molar-refractivity contribution in [1.29, 1.82) is 0 Å². The van der Waals surface area contributed by atoms with E-state index in [-0.39, 0.29) is 25.7 Å². The van der Waals surface area contributed by atoms with Crippen LogP contribution in [0.15, 0.2) is 0 Å². The average molecular weight is 345 g/mol. The fourth-order valence-electron chi connectivity index (χ4n) is 1.03. The fourth-order valence-corrected chi connectivity index (χ4v) is 1.82. The maximum atomic E-state index is 9.23. The summed E-state index contributed by atoms with van der Waals surface area (Å²) in [6.07, 6.45) is 9.58. The molecule has 0 saturated carbocycles. The van der Waals surface area contributed by atoms with Crippen molar-refractivity contribution < 1.29 is 23.8 Å². The zero-order valence-electron chi connectivity index (χ0n) is 11.3. The molecule has 0 aromatic heterocycles. The standard InChI is InChI=1S/C12H19Cl2O5P/c1-5-10(3)17-7-12(8-18-11(4)6-2)9-19-20(13,14,15)16/h1-2,10-12,15-16H,7-9H2,3-4H3. The monoisotopic (exact) mass is 344 g/mol. The Morgan fingerprint density at radius 1 is 1.00 bits per heavy atom. The van der Waals surface area contributed by atoms with Crippen molar-refractivity contribution in [3.05, 3.63) is 0 Å². The summed E-state index contributed by atoms with van der Waals surface area (Å²) in [5.41, 5.74) is 0. The van der Waals surface area contributed by atoms with Gasteiger partial charge in [0.15, 0.2) is 0 Å². The molecule has 0 spiro atoms. The maximum absolute atomic E-state index is 9.23. The van der Waals surface area contributed by atoms with Crippen LogP contribution in [0.3, 0.4) is 0 Å². The van der Waals surface area contributed by atoms with Crippen LogP contribution in [0, 0.1) is 30.6 Å². The summed E-state index contributed by atoms with van der Waals surface area (Å²) in [4.78, 5) is 18.5. The van der Waals surface area contributed by atoms with E-state index in [1.54, 1.807) is 13.8 Å². The minimum absolute atomic E-state index is 0.170. The van der Waals surface area contributed by atoms with Gasteiger partial charge in [0.25, 0.3) is 0 Å². The van der Waals surface area contributed by atoms with Crippen molar-refractivity contribution >= 4 is 28.5 Å². The number of terminal acetylenes is 2. The van der Waals surface area contributed by atoms with Crippen LogP contribution in [0.4, 0.5) is 0 Å². The number of halogens is 2. The number of rotatable bonds is 9. The number of hydrogen-bond donors (Lipinski definition) is 2. The zero-order valence-corrected chi connectivity index (χ0v) is 13.7. The Morgan fingerprint density at radius 3 is 1.70 bits per heavy atom.